The first-order chi connectivity index (χ1) is 14.0. The lowest BCUT2D eigenvalue weighted by atomic mass is 9.98. The number of carbonyl (C=O) groups is 1. The van der Waals surface area contributed by atoms with Crippen molar-refractivity contribution in [3.63, 3.8) is 0 Å². The molecule has 0 unspecified atom stereocenters. The van der Waals surface area contributed by atoms with E-state index in [2.05, 4.69) is 5.32 Å². The molecular weight excluding hydrogens is 410 g/mol. The predicted molar refractivity (Wildman–Crippen MR) is 114 cm³/mol. The molecule has 0 saturated heterocycles. The summed E-state index contributed by atoms with van der Waals surface area (Å²) >= 11 is 12.0. The molecule has 0 saturated carbocycles. The lowest BCUT2D eigenvalue weighted by Crippen LogP contribution is -2.13. The van der Waals surface area contributed by atoms with Crippen molar-refractivity contribution in [2.45, 2.75) is 6.42 Å². The average Bonchev–Trinajstić information content (AvgIpc) is 2.69. The third-order valence-electron chi connectivity index (χ3n) is 4.19. The van der Waals surface area contributed by atoms with Crippen molar-refractivity contribution >= 4 is 40.9 Å². The molecular formula is C23H15Cl2FN2O. The number of carbonyl (C=O) groups excluding carboxylic acids is 1. The van der Waals surface area contributed by atoms with Gasteiger partial charge in [-0.2, -0.15) is 5.26 Å². The molecule has 0 heterocycles. The maximum absolute atomic E-state index is 14.0. The average molecular weight is 425 g/mol. The Morgan fingerprint density at radius 3 is 2.48 bits per heavy atom. The Morgan fingerprint density at radius 2 is 1.76 bits per heavy atom. The van der Waals surface area contributed by atoms with Gasteiger partial charge in [-0.25, -0.2) is 4.39 Å². The van der Waals surface area contributed by atoms with E-state index in [4.69, 9.17) is 23.2 Å². The van der Waals surface area contributed by atoms with Gasteiger partial charge in [0.1, 0.15) is 17.5 Å². The number of nitriles is 1. The van der Waals surface area contributed by atoms with Crippen LogP contribution in [-0.4, -0.2) is 5.91 Å². The van der Waals surface area contributed by atoms with Crippen LogP contribution in [0.1, 0.15) is 16.7 Å². The van der Waals surface area contributed by atoms with E-state index in [9.17, 15) is 14.4 Å². The molecule has 0 fully saturated rings. The number of anilines is 1. The second-order valence-electron chi connectivity index (χ2n) is 6.25. The van der Waals surface area contributed by atoms with Crippen molar-refractivity contribution in [1.29, 1.82) is 5.26 Å². The van der Waals surface area contributed by atoms with Crippen molar-refractivity contribution in [3.8, 4) is 6.07 Å². The summed E-state index contributed by atoms with van der Waals surface area (Å²) in [5, 5.41) is 13.0. The number of nitrogens with zero attached hydrogens (tertiary/aromatic N) is 1. The summed E-state index contributed by atoms with van der Waals surface area (Å²) in [6.45, 7) is 0. The Bertz CT molecular complexity index is 1140. The van der Waals surface area contributed by atoms with Gasteiger partial charge in [0.2, 0.25) is 0 Å². The van der Waals surface area contributed by atoms with E-state index in [0.717, 1.165) is 5.56 Å². The Morgan fingerprint density at radius 1 is 1.00 bits per heavy atom. The first kappa shape index (κ1) is 20.6. The summed E-state index contributed by atoms with van der Waals surface area (Å²) < 4.78 is 14.0. The monoisotopic (exact) mass is 424 g/mol. The normalized spacial score (nSPS) is 11.0. The molecule has 144 valence electrons. The lowest BCUT2D eigenvalue weighted by Gasteiger charge is -2.09. The quantitative estimate of drug-likeness (QED) is 0.387. The maximum Gasteiger partial charge on any atom is 0.266 e. The van der Waals surface area contributed by atoms with Gasteiger partial charge in [-0.1, -0.05) is 53.5 Å². The lowest BCUT2D eigenvalue weighted by molar-refractivity contribution is -0.112. The fourth-order valence-electron chi connectivity index (χ4n) is 2.78. The molecule has 29 heavy (non-hydrogen) atoms. The highest BCUT2D eigenvalue weighted by atomic mass is 35.5. The van der Waals surface area contributed by atoms with Gasteiger partial charge in [-0.3, -0.25) is 4.79 Å². The third kappa shape index (κ3) is 5.45. The molecule has 0 aliphatic heterocycles. The van der Waals surface area contributed by atoms with Gasteiger partial charge < -0.3 is 5.32 Å². The molecule has 1 amide bonds. The number of rotatable bonds is 5. The number of benzene rings is 3. The van der Waals surface area contributed by atoms with Crippen molar-refractivity contribution < 1.29 is 9.18 Å². The minimum absolute atomic E-state index is 0.109. The topological polar surface area (TPSA) is 52.9 Å². The SMILES string of the molecule is N#C/C(=C\c1cc(Cl)ccc1Cc1ccccc1F)C(=O)Nc1cccc(Cl)c1. The van der Waals surface area contributed by atoms with Crippen LogP contribution in [0.2, 0.25) is 10.0 Å². The van der Waals surface area contributed by atoms with E-state index in [1.165, 1.54) is 12.1 Å². The van der Waals surface area contributed by atoms with Crippen LogP contribution in [0, 0.1) is 17.1 Å². The van der Waals surface area contributed by atoms with Crippen LogP contribution in [0.3, 0.4) is 0 Å². The zero-order chi connectivity index (χ0) is 20.8. The Balaban J connectivity index is 1.92. The van der Waals surface area contributed by atoms with E-state index in [-0.39, 0.29) is 11.4 Å². The molecule has 0 radical (unpaired) electrons. The van der Waals surface area contributed by atoms with Crippen LogP contribution < -0.4 is 5.32 Å². The first-order valence-corrected chi connectivity index (χ1v) is 9.42. The van der Waals surface area contributed by atoms with E-state index >= 15 is 0 Å². The van der Waals surface area contributed by atoms with E-state index in [0.29, 0.717) is 33.3 Å². The standard InChI is InChI=1S/C23H15Cl2FN2O/c24-19-5-3-6-21(13-19)28-23(29)18(14-27)11-17-12-20(25)9-8-15(17)10-16-4-1-2-7-22(16)26/h1-9,11-13H,10H2,(H,28,29)/b18-11+. The fourth-order valence-corrected chi connectivity index (χ4v) is 3.15. The highest BCUT2D eigenvalue weighted by molar-refractivity contribution is 6.31. The van der Waals surface area contributed by atoms with Gasteiger partial charge in [0.25, 0.3) is 5.91 Å². The fraction of sp³-hybridized carbons (Fsp3) is 0.0435. The molecule has 3 nitrogen and oxygen atoms in total. The van der Waals surface area contributed by atoms with Gasteiger partial charge in [0, 0.05) is 22.2 Å². The number of hydrogen-bond acceptors (Lipinski definition) is 2. The highest BCUT2D eigenvalue weighted by Crippen LogP contribution is 2.23. The number of nitrogens with one attached hydrogen (secondary N) is 1. The minimum atomic E-state index is -0.577. The van der Waals surface area contributed by atoms with Crippen molar-refractivity contribution in [2.24, 2.45) is 0 Å². The second-order valence-corrected chi connectivity index (χ2v) is 7.12. The van der Waals surface area contributed by atoms with Crippen LogP contribution in [0.4, 0.5) is 10.1 Å². The number of hydrogen-bond donors (Lipinski definition) is 1. The molecule has 0 aromatic heterocycles. The van der Waals surface area contributed by atoms with Gasteiger partial charge in [-0.05, 0) is 59.2 Å². The van der Waals surface area contributed by atoms with Crippen LogP contribution >= 0.6 is 23.2 Å². The van der Waals surface area contributed by atoms with E-state index in [1.807, 2.05) is 6.07 Å². The van der Waals surface area contributed by atoms with Crippen LogP contribution in [0.15, 0.2) is 72.3 Å². The van der Waals surface area contributed by atoms with Gasteiger partial charge in [-0.15, -0.1) is 0 Å². The molecule has 1 N–H and O–H groups in total. The molecule has 3 aromatic carbocycles. The smallest absolute Gasteiger partial charge is 0.266 e. The van der Waals surface area contributed by atoms with Crippen LogP contribution in [-0.2, 0) is 11.2 Å². The van der Waals surface area contributed by atoms with Crippen molar-refractivity contribution in [3.05, 3.63) is 105 Å². The highest BCUT2D eigenvalue weighted by Gasteiger charge is 2.13. The number of halogens is 3. The third-order valence-corrected chi connectivity index (χ3v) is 4.66. The summed E-state index contributed by atoms with van der Waals surface area (Å²) in [6, 6.07) is 20.1. The molecule has 0 aliphatic rings. The largest absolute Gasteiger partial charge is 0.321 e. The van der Waals surface area contributed by atoms with Crippen LogP contribution in [0.25, 0.3) is 6.08 Å². The zero-order valence-corrected chi connectivity index (χ0v) is 16.6. The summed E-state index contributed by atoms with van der Waals surface area (Å²) in [5.74, 6) is -0.900. The summed E-state index contributed by atoms with van der Waals surface area (Å²) in [5.41, 5.74) is 2.18. The van der Waals surface area contributed by atoms with Gasteiger partial charge >= 0.3 is 0 Å². The zero-order valence-electron chi connectivity index (χ0n) is 15.1. The van der Waals surface area contributed by atoms with Crippen molar-refractivity contribution in [2.75, 3.05) is 5.32 Å². The van der Waals surface area contributed by atoms with Crippen molar-refractivity contribution in [1.82, 2.24) is 0 Å². The Kier molecular flexibility index (Phi) is 6.66. The minimum Gasteiger partial charge on any atom is -0.321 e. The molecule has 0 bridgehead atoms. The molecule has 3 rings (SSSR count). The molecule has 0 spiro atoms. The summed E-state index contributed by atoms with van der Waals surface area (Å²) in [6.07, 6.45) is 1.74. The van der Waals surface area contributed by atoms with Gasteiger partial charge in [0.15, 0.2) is 0 Å². The number of amides is 1. The molecule has 3 aromatic rings. The Hall–Kier alpha value is -3.13. The Labute approximate surface area is 178 Å². The summed E-state index contributed by atoms with van der Waals surface area (Å²) in [7, 11) is 0. The predicted octanol–water partition coefficient (Wildman–Crippen LogP) is 6.27. The molecule has 6 heteroatoms. The molecule has 0 aliphatic carbocycles. The van der Waals surface area contributed by atoms with E-state index < -0.39 is 5.91 Å². The molecule has 0 atom stereocenters. The van der Waals surface area contributed by atoms with Gasteiger partial charge in [0.05, 0.1) is 0 Å². The summed E-state index contributed by atoms with van der Waals surface area (Å²) in [4.78, 5) is 12.5. The maximum atomic E-state index is 14.0. The van der Waals surface area contributed by atoms with E-state index in [1.54, 1.807) is 60.7 Å². The first-order valence-electron chi connectivity index (χ1n) is 8.67. The van der Waals surface area contributed by atoms with Crippen LogP contribution in [0.5, 0.6) is 0 Å². The second kappa shape index (κ2) is 9.38.